The molecule has 0 saturated carbocycles. The number of nitrogens with zero attached hydrogens (tertiary/aromatic N) is 1. The molecule has 0 bridgehead atoms. The van der Waals surface area contributed by atoms with Crippen molar-refractivity contribution in [1.29, 1.82) is 0 Å². The monoisotopic (exact) mass is 324 g/mol. The van der Waals surface area contributed by atoms with Crippen LogP contribution in [-0.4, -0.2) is 9.55 Å². The number of H-pyrrole nitrogens is 1. The van der Waals surface area contributed by atoms with E-state index in [-0.39, 0.29) is 25.9 Å². The molecular formula is C10H4Cl4N2O2. The Hall–Kier alpha value is -0.940. The van der Waals surface area contributed by atoms with Crippen molar-refractivity contribution in [3.8, 4) is 5.69 Å². The Bertz CT molecular complexity index is 704. The fourth-order valence-corrected chi connectivity index (χ4v) is 2.18. The average Bonchev–Trinajstić information content (AvgIpc) is 2.24. The van der Waals surface area contributed by atoms with Gasteiger partial charge in [-0.15, -0.1) is 0 Å². The number of rotatable bonds is 1. The Morgan fingerprint density at radius 2 is 1.50 bits per heavy atom. The molecule has 0 aliphatic carbocycles. The topological polar surface area (TPSA) is 54.9 Å². The van der Waals surface area contributed by atoms with Gasteiger partial charge in [-0.2, -0.15) is 0 Å². The van der Waals surface area contributed by atoms with Crippen LogP contribution >= 0.6 is 46.4 Å². The van der Waals surface area contributed by atoms with Crippen LogP contribution in [-0.2, 0) is 0 Å². The van der Waals surface area contributed by atoms with Crippen LogP contribution in [0.2, 0.25) is 20.2 Å². The lowest BCUT2D eigenvalue weighted by atomic mass is 10.3. The van der Waals surface area contributed by atoms with Crippen molar-refractivity contribution in [2.75, 3.05) is 0 Å². The molecule has 0 unspecified atom stereocenters. The highest BCUT2D eigenvalue weighted by Gasteiger charge is 2.12. The Kier molecular flexibility index (Phi) is 3.73. The normalized spacial score (nSPS) is 10.7. The number of hydrogen-bond donors (Lipinski definition) is 1. The van der Waals surface area contributed by atoms with Gasteiger partial charge in [0.1, 0.15) is 5.15 Å². The van der Waals surface area contributed by atoms with Gasteiger partial charge in [0, 0.05) is 6.07 Å². The summed E-state index contributed by atoms with van der Waals surface area (Å²) >= 11 is 23.1. The van der Waals surface area contributed by atoms with Crippen molar-refractivity contribution in [2.24, 2.45) is 0 Å². The van der Waals surface area contributed by atoms with E-state index in [0.717, 1.165) is 10.6 Å². The Morgan fingerprint density at radius 1 is 0.889 bits per heavy atom. The summed E-state index contributed by atoms with van der Waals surface area (Å²) < 4.78 is 0.816. The highest BCUT2D eigenvalue weighted by atomic mass is 35.5. The molecule has 0 radical (unpaired) electrons. The van der Waals surface area contributed by atoms with E-state index in [1.165, 1.54) is 12.1 Å². The number of hydrogen-bond acceptors (Lipinski definition) is 2. The molecule has 0 amide bonds. The lowest BCUT2D eigenvalue weighted by molar-refractivity contribution is 0.876. The zero-order chi connectivity index (χ0) is 13.4. The molecule has 1 aromatic carbocycles. The van der Waals surface area contributed by atoms with Crippen LogP contribution in [0.4, 0.5) is 0 Å². The molecule has 0 aliphatic heterocycles. The van der Waals surface area contributed by atoms with E-state index in [1.807, 2.05) is 0 Å². The van der Waals surface area contributed by atoms with Crippen LogP contribution in [0, 0.1) is 0 Å². The standard InChI is InChI=1S/C10H4Cl4N2O2/c11-4-1-6(13)7(2-5(4)12)16-9(17)3-8(14)15-10(16)18/h1-3H,(H,15,18). The number of aromatic amines is 1. The smallest absolute Gasteiger partial charge is 0.297 e. The summed E-state index contributed by atoms with van der Waals surface area (Å²) in [5.74, 6) is 0. The largest absolute Gasteiger partial charge is 0.334 e. The molecule has 94 valence electrons. The van der Waals surface area contributed by atoms with Gasteiger partial charge >= 0.3 is 5.69 Å². The van der Waals surface area contributed by atoms with Crippen molar-refractivity contribution >= 4 is 46.4 Å². The van der Waals surface area contributed by atoms with Crippen molar-refractivity contribution < 1.29 is 0 Å². The van der Waals surface area contributed by atoms with E-state index in [9.17, 15) is 9.59 Å². The number of aromatic nitrogens is 2. The second kappa shape index (κ2) is 4.97. The van der Waals surface area contributed by atoms with Gasteiger partial charge < -0.3 is 0 Å². The van der Waals surface area contributed by atoms with Crippen LogP contribution in [0.3, 0.4) is 0 Å². The first kappa shape index (κ1) is 13.5. The average molecular weight is 326 g/mol. The molecule has 2 rings (SSSR count). The Morgan fingerprint density at radius 3 is 2.11 bits per heavy atom. The molecule has 0 spiro atoms. The fourth-order valence-electron chi connectivity index (χ4n) is 1.38. The molecule has 0 fully saturated rings. The highest BCUT2D eigenvalue weighted by molar-refractivity contribution is 6.43. The maximum atomic E-state index is 11.7. The summed E-state index contributed by atoms with van der Waals surface area (Å²) in [4.78, 5) is 25.7. The van der Waals surface area contributed by atoms with E-state index in [0.29, 0.717) is 0 Å². The maximum absolute atomic E-state index is 11.7. The minimum Gasteiger partial charge on any atom is -0.297 e. The van der Waals surface area contributed by atoms with Gasteiger partial charge in [0.15, 0.2) is 0 Å². The van der Waals surface area contributed by atoms with Crippen LogP contribution in [0.15, 0.2) is 27.8 Å². The number of benzene rings is 1. The predicted octanol–water partition coefficient (Wildman–Crippen LogP) is 3.14. The van der Waals surface area contributed by atoms with Crippen molar-refractivity contribution in [3.63, 3.8) is 0 Å². The van der Waals surface area contributed by atoms with Gasteiger partial charge in [0.2, 0.25) is 0 Å². The van der Waals surface area contributed by atoms with Gasteiger partial charge in [-0.25, -0.2) is 9.36 Å². The van der Waals surface area contributed by atoms with Crippen molar-refractivity contribution in [3.05, 3.63) is 59.3 Å². The SMILES string of the molecule is O=c1cc(Cl)[nH]c(=O)n1-c1cc(Cl)c(Cl)cc1Cl. The summed E-state index contributed by atoms with van der Waals surface area (Å²) in [5.41, 5.74) is -1.20. The molecule has 8 heteroatoms. The van der Waals surface area contributed by atoms with Crippen LogP contribution in [0.5, 0.6) is 0 Å². The Labute approximate surface area is 121 Å². The van der Waals surface area contributed by atoms with Crippen LogP contribution in [0.1, 0.15) is 0 Å². The Balaban J connectivity index is 2.82. The first-order valence-electron chi connectivity index (χ1n) is 4.57. The molecule has 2 aromatic rings. The van der Waals surface area contributed by atoms with E-state index < -0.39 is 11.2 Å². The summed E-state index contributed by atoms with van der Waals surface area (Å²) in [7, 11) is 0. The van der Waals surface area contributed by atoms with Gasteiger partial charge in [-0.3, -0.25) is 9.78 Å². The van der Waals surface area contributed by atoms with E-state index in [2.05, 4.69) is 4.98 Å². The molecule has 4 nitrogen and oxygen atoms in total. The summed E-state index contributed by atoms with van der Waals surface area (Å²) in [6.45, 7) is 0. The van der Waals surface area contributed by atoms with E-state index in [1.54, 1.807) is 0 Å². The zero-order valence-corrected chi connectivity index (χ0v) is 11.5. The lowest BCUT2D eigenvalue weighted by Gasteiger charge is -2.08. The van der Waals surface area contributed by atoms with Gasteiger partial charge in [0.25, 0.3) is 5.56 Å². The molecule has 18 heavy (non-hydrogen) atoms. The molecule has 0 aliphatic rings. The first-order valence-corrected chi connectivity index (χ1v) is 6.08. The molecule has 0 atom stereocenters. The summed E-state index contributed by atoms with van der Waals surface area (Å²) in [5, 5.41) is 0.470. The van der Waals surface area contributed by atoms with Crippen molar-refractivity contribution in [2.45, 2.75) is 0 Å². The zero-order valence-electron chi connectivity index (χ0n) is 8.51. The summed E-state index contributed by atoms with van der Waals surface area (Å²) in [6.07, 6.45) is 0. The second-order valence-corrected chi connectivity index (χ2v) is 4.94. The number of nitrogens with one attached hydrogen (secondary N) is 1. The first-order chi connectivity index (χ1) is 8.40. The molecule has 1 aromatic heterocycles. The third-order valence-electron chi connectivity index (χ3n) is 2.13. The molecule has 1 N–H and O–H groups in total. The third-order valence-corrected chi connectivity index (χ3v) is 3.36. The highest BCUT2D eigenvalue weighted by Crippen LogP contribution is 2.30. The minimum atomic E-state index is -0.715. The predicted molar refractivity (Wildman–Crippen MR) is 72.7 cm³/mol. The van der Waals surface area contributed by atoms with Gasteiger partial charge in [-0.1, -0.05) is 46.4 Å². The maximum Gasteiger partial charge on any atom is 0.334 e. The molecular weight excluding hydrogens is 322 g/mol. The van der Waals surface area contributed by atoms with E-state index >= 15 is 0 Å². The lowest BCUT2D eigenvalue weighted by Crippen LogP contribution is -2.33. The number of halogens is 4. The van der Waals surface area contributed by atoms with Gasteiger partial charge in [0.05, 0.1) is 20.8 Å². The second-order valence-electron chi connectivity index (χ2n) is 3.31. The minimum absolute atomic E-state index is 0.0579. The van der Waals surface area contributed by atoms with Gasteiger partial charge in [-0.05, 0) is 12.1 Å². The van der Waals surface area contributed by atoms with Crippen LogP contribution < -0.4 is 11.2 Å². The van der Waals surface area contributed by atoms with Crippen LogP contribution in [0.25, 0.3) is 5.69 Å². The van der Waals surface area contributed by atoms with Crippen molar-refractivity contribution in [1.82, 2.24) is 9.55 Å². The summed E-state index contributed by atoms with van der Waals surface area (Å²) in [6, 6.07) is 3.74. The molecule has 0 saturated heterocycles. The van der Waals surface area contributed by atoms with E-state index in [4.69, 9.17) is 46.4 Å². The molecule has 1 heterocycles. The fraction of sp³-hybridized carbons (Fsp3) is 0. The third kappa shape index (κ3) is 2.42. The quantitative estimate of drug-likeness (QED) is 0.647.